The molecule has 0 fully saturated rings. The third kappa shape index (κ3) is 4.61. The van der Waals surface area contributed by atoms with Crippen LogP contribution in [0.3, 0.4) is 0 Å². The van der Waals surface area contributed by atoms with Gasteiger partial charge in [0.05, 0.1) is 10.6 Å². The van der Waals surface area contributed by atoms with Crippen LogP contribution in [-0.2, 0) is 10.0 Å². The van der Waals surface area contributed by atoms with Crippen molar-refractivity contribution in [2.45, 2.75) is 18.7 Å². The van der Waals surface area contributed by atoms with Crippen molar-refractivity contribution in [1.82, 2.24) is 0 Å². The highest BCUT2D eigenvalue weighted by atomic mass is 79.9. The number of aryl methyl sites for hydroxylation is 2. The Labute approximate surface area is 173 Å². The first-order valence-electron chi connectivity index (χ1n) is 8.52. The van der Waals surface area contributed by atoms with Gasteiger partial charge in [0.25, 0.3) is 15.9 Å². The Bertz CT molecular complexity index is 1130. The summed E-state index contributed by atoms with van der Waals surface area (Å²) in [5.74, 6) is -0.380. The number of amides is 1. The summed E-state index contributed by atoms with van der Waals surface area (Å²) < 4.78 is 29.3. The second kappa shape index (κ2) is 8.16. The Morgan fingerprint density at radius 2 is 1.57 bits per heavy atom. The maximum atomic E-state index is 12.9. The highest BCUT2D eigenvalue weighted by Crippen LogP contribution is 2.23. The topological polar surface area (TPSA) is 75.3 Å². The average Bonchev–Trinajstić information content (AvgIpc) is 2.65. The first kappa shape index (κ1) is 20.1. The Balaban J connectivity index is 1.89. The van der Waals surface area contributed by atoms with Gasteiger partial charge in [-0.1, -0.05) is 40.2 Å². The van der Waals surface area contributed by atoms with Crippen LogP contribution < -0.4 is 10.0 Å². The minimum Gasteiger partial charge on any atom is -0.322 e. The summed E-state index contributed by atoms with van der Waals surface area (Å²) in [5.41, 5.74) is 2.76. The molecule has 0 aliphatic carbocycles. The summed E-state index contributed by atoms with van der Waals surface area (Å²) in [4.78, 5) is 12.6. The van der Waals surface area contributed by atoms with Crippen molar-refractivity contribution in [3.05, 3.63) is 87.9 Å². The van der Waals surface area contributed by atoms with E-state index in [0.717, 1.165) is 10.0 Å². The van der Waals surface area contributed by atoms with E-state index in [2.05, 4.69) is 26.0 Å². The van der Waals surface area contributed by atoms with Crippen molar-refractivity contribution in [3.8, 4) is 0 Å². The van der Waals surface area contributed by atoms with E-state index in [-0.39, 0.29) is 16.4 Å². The summed E-state index contributed by atoms with van der Waals surface area (Å²) in [5, 5.41) is 2.77. The number of carbonyl (C=O) groups is 1. The van der Waals surface area contributed by atoms with Crippen LogP contribution in [0.25, 0.3) is 0 Å². The molecule has 0 radical (unpaired) electrons. The fourth-order valence-electron chi connectivity index (χ4n) is 2.65. The van der Waals surface area contributed by atoms with Crippen LogP contribution in [0.1, 0.15) is 21.5 Å². The van der Waals surface area contributed by atoms with Crippen LogP contribution in [0.5, 0.6) is 0 Å². The first-order valence-corrected chi connectivity index (χ1v) is 10.8. The number of nitrogens with one attached hydrogen (secondary N) is 2. The minimum absolute atomic E-state index is 0.0687. The molecule has 28 heavy (non-hydrogen) atoms. The van der Waals surface area contributed by atoms with E-state index in [9.17, 15) is 13.2 Å². The van der Waals surface area contributed by atoms with E-state index in [0.29, 0.717) is 16.9 Å². The second-order valence-corrected chi connectivity index (χ2v) is 8.93. The molecular formula is C21H19BrN2O3S. The zero-order chi connectivity index (χ0) is 20.3. The van der Waals surface area contributed by atoms with Crippen molar-refractivity contribution in [2.75, 3.05) is 10.0 Å². The van der Waals surface area contributed by atoms with E-state index in [4.69, 9.17) is 0 Å². The maximum Gasteiger partial charge on any atom is 0.262 e. The van der Waals surface area contributed by atoms with Gasteiger partial charge in [-0.05, 0) is 67.4 Å². The molecular weight excluding hydrogens is 440 g/mol. The fraction of sp³-hybridized carbons (Fsp3) is 0.0952. The van der Waals surface area contributed by atoms with Crippen LogP contribution in [0, 0.1) is 13.8 Å². The lowest BCUT2D eigenvalue weighted by Gasteiger charge is -2.13. The predicted molar refractivity (Wildman–Crippen MR) is 115 cm³/mol. The van der Waals surface area contributed by atoms with Gasteiger partial charge in [-0.2, -0.15) is 0 Å². The molecule has 5 nitrogen and oxygen atoms in total. The van der Waals surface area contributed by atoms with E-state index >= 15 is 0 Å². The van der Waals surface area contributed by atoms with Crippen molar-refractivity contribution >= 4 is 43.2 Å². The SMILES string of the molecule is Cc1ccccc1NS(=O)(=O)c1cc(C(=O)Nc2ccc(Br)cc2)ccc1C. The Kier molecular flexibility index (Phi) is 5.86. The number of hydrogen-bond donors (Lipinski definition) is 2. The van der Waals surface area contributed by atoms with Gasteiger partial charge >= 0.3 is 0 Å². The van der Waals surface area contributed by atoms with E-state index < -0.39 is 10.0 Å². The smallest absolute Gasteiger partial charge is 0.262 e. The van der Waals surface area contributed by atoms with Gasteiger partial charge in [-0.25, -0.2) is 8.42 Å². The molecule has 0 bridgehead atoms. The molecule has 0 atom stereocenters. The highest BCUT2D eigenvalue weighted by molar-refractivity contribution is 9.10. The number of rotatable bonds is 5. The van der Waals surface area contributed by atoms with Crippen LogP contribution in [0.2, 0.25) is 0 Å². The summed E-state index contributed by atoms with van der Waals surface area (Å²) in [7, 11) is -3.84. The second-order valence-electron chi connectivity index (χ2n) is 6.36. The number of halogens is 1. The van der Waals surface area contributed by atoms with E-state index in [1.807, 2.05) is 31.2 Å². The molecule has 3 aromatic rings. The quantitative estimate of drug-likeness (QED) is 0.556. The van der Waals surface area contributed by atoms with Gasteiger partial charge in [0.1, 0.15) is 0 Å². The number of hydrogen-bond acceptors (Lipinski definition) is 3. The molecule has 0 spiro atoms. The van der Waals surface area contributed by atoms with Gasteiger partial charge in [-0.3, -0.25) is 9.52 Å². The van der Waals surface area contributed by atoms with Crippen molar-refractivity contribution in [1.29, 1.82) is 0 Å². The highest BCUT2D eigenvalue weighted by Gasteiger charge is 2.20. The molecule has 0 heterocycles. The first-order chi connectivity index (χ1) is 13.3. The number of benzene rings is 3. The van der Waals surface area contributed by atoms with Crippen LogP contribution in [0.4, 0.5) is 11.4 Å². The van der Waals surface area contributed by atoms with Crippen molar-refractivity contribution in [3.63, 3.8) is 0 Å². The zero-order valence-electron chi connectivity index (χ0n) is 15.4. The predicted octanol–water partition coefficient (Wildman–Crippen LogP) is 5.12. The minimum atomic E-state index is -3.84. The van der Waals surface area contributed by atoms with Gasteiger partial charge in [-0.15, -0.1) is 0 Å². The number of carbonyl (C=O) groups excluding carboxylic acids is 1. The molecule has 144 valence electrons. The van der Waals surface area contributed by atoms with Crippen LogP contribution >= 0.6 is 15.9 Å². The molecule has 0 saturated heterocycles. The third-order valence-corrected chi connectivity index (χ3v) is 6.27. The molecule has 0 aliphatic heterocycles. The summed E-state index contributed by atoms with van der Waals surface area (Å²) >= 11 is 3.34. The molecule has 3 rings (SSSR count). The van der Waals surface area contributed by atoms with E-state index in [1.165, 1.54) is 6.07 Å². The number of sulfonamides is 1. The van der Waals surface area contributed by atoms with Gasteiger partial charge < -0.3 is 5.32 Å². The average molecular weight is 459 g/mol. The van der Waals surface area contributed by atoms with Crippen LogP contribution in [-0.4, -0.2) is 14.3 Å². The molecule has 3 aromatic carbocycles. The van der Waals surface area contributed by atoms with Gasteiger partial charge in [0.2, 0.25) is 0 Å². The third-order valence-electron chi connectivity index (χ3n) is 4.23. The molecule has 0 aromatic heterocycles. The molecule has 0 saturated carbocycles. The van der Waals surface area contributed by atoms with Crippen molar-refractivity contribution in [2.24, 2.45) is 0 Å². The molecule has 7 heteroatoms. The monoisotopic (exact) mass is 458 g/mol. The standard InChI is InChI=1S/C21H19BrN2O3S/c1-14-5-3-4-6-19(14)24-28(26,27)20-13-16(8-7-15(20)2)21(25)23-18-11-9-17(22)10-12-18/h3-13,24H,1-2H3,(H,23,25). The summed E-state index contributed by atoms with van der Waals surface area (Å²) in [6.07, 6.45) is 0. The summed E-state index contributed by atoms with van der Waals surface area (Å²) in [6, 6.07) is 18.9. The normalized spacial score (nSPS) is 11.1. The van der Waals surface area contributed by atoms with E-state index in [1.54, 1.807) is 43.3 Å². The zero-order valence-corrected chi connectivity index (χ0v) is 17.8. The van der Waals surface area contributed by atoms with Gasteiger partial charge in [0.15, 0.2) is 0 Å². The maximum absolute atomic E-state index is 12.9. The Morgan fingerprint density at radius 3 is 2.25 bits per heavy atom. The summed E-state index contributed by atoms with van der Waals surface area (Å²) in [6.45, 7) is 3.52. The number of anilines is 2. The fourth-order valence-corrected chi connectivity index (χ4v) is 4.32. The lowest BCUT2D eigenvalue weighted by atomic mass is 10.1. The van der Waals surface area contributed by atoms with Crippen molar-refractivity contribution < 1.29 is 13.2 Å². The lowest BCUT2D eigenvalue weighted by Crippen LogP contribution is -2.17. The largest absolute Gasteiger partial charge is 0.322 e. The molecule has 0 aliphatic rings. The molecule has 0 unspecified atom stereocenters. The lowest BCUT2D eigenvalue weighted by molar-refractivity contribution is 0.102. The molecule has 2 N–H and O–H groups in total. The molecule has 1 amide bonds. The Hall–Kier alpha value is -2.64. The Morgan fingerprint density at radius 1 is 0.893 bits per heavy atom. The number of para-hydroxylation sites is 1. The van der Waals surface area contributed by atoms with Gasteiger partial charge in [0, 0.05) is 15.7 Å². The van der Waals surface area contributed by atoms with Crippen LogP contribution in [0.15, 0.2) is 76.1 Å².